The third-order valence-electron chi connectivity index (χ3n) is 2.52. The Kier molecular flexibility index (Phi) is 3.39. The lowest BCUT2D eigenvalue weighted by Gasteiger charge is -2.10. The summed E-state index contributed by atoms with van der Waals surface area (Å²) in [6.45, 7) is 7.74. The van der Waals surface area contributed by atoms with Gasteiger partial charge in [0.15, 0.2) is 0 Å². The topological polar surface area (TPSA) is 30.0 Å². The molecule has 0 spiro atoms. The fourth-order valence-corrected chi connectivity index (χ4v) is 1.48. The molecule has 0 fully saturated rings. The molecule has 14 heavy (non-hydrogen) atoms. The average Bonchev–Trinajstić information content (AvgIpc) is 2.08. The van der Waals surface area contributed by atoms with Crippen molar-refractivity contribution in [1.29, 1.82) is 0 Å². The van der Waals surface area contributed by atoms with E-state index in [0.717, 1.165) is 11.3 Å². The summed E-state index contributed by atoms with van der Waals surface area (Å²) in [6.07, 6.45) is 2.47. The first-order chi connectivity index (χ1) is 6.50. The molecule has 1 aromatic rings. The molecule has 0 saturated heterocycles. The van der Waals surface area contributed by atoms with Crippen molar-refractivity contribution in [2.75, 3.05) is 0 Å². The number of hydrogen-bond donors (Lipinski definition) is 0. The molecule has 0 aliphatic carbocycles. The first kappa shape index (κ1) is 10.9. The number of hydrogen-bond acceptors (Lipinski definition) is 2. The molecule has 0 aliphatic heterocycles. The van der Waals surface area contributed by atoms with Gasteiger partial charge in [0.05, 0.1) is 0 Å². The zero-order valence-corrected chi connectivity index (χ0v) is 9.29. The minimum atomic E-state index is 0.232. The highest BCUT2D eigenvalue weighted by atomic mass is 16.1. The highest BCUT2D eigenvalue weighted by molar-refractivity contribution is 5.76. The highest BCUT2D eigenvalue weighted by Crippen LogP contribution is 2.20. The maximum Gasteiger partial charge on any atom is 0.130 e. The summed E-state index contributed by atoms with van der Waals surface area (Å²) in [4.78, 5) is 15.3. The molecule has 1 aromatic heterocycles. The van der Waals surface area contributed by atoms with Crippen molar-refractivity contribution >= 4 is 5.78 Å². The Bertz CT molecular complexity index is 344. The Morgan fingerprint density at radius 2 is 2.14 bits per heavy atom. The SMILES string of the molecule is CC(=O)CC(C)c1cnc(C)c(C)c1. The maximum atomic E-state index is 11.0. The zero-order valence-electron chi connectivity index (χ0n) is 9.29. The molecular weight excluding hydrogens is 174 g/mol. The lowest BCUT2D eigenvalue weighted by Crippen LogP contribution is -2.02. The Morgan fingerprint density at radius 1 is 1.50 bits per heavy atom. The van der Waals surface area contributed by atoms with Gasteiger partial charge in [-0.15, -0.1) is 0 Å². The van der Waals surface area contributed by atoms with Gasteiger partial charge in [-0.3, -0.25) is 4.98 Å². The molecule has 1 rings (SSSR count). The van der Waals surface area contributed by atoms with E-state index in [0.29, 0.717) is 6.42 Å². The summed E-state index contributed by atoms with van der Waals surface area (Å²) in [6, 6.07) is 2.12. The first-order valence-corrected chi connectivity index (χ1v) is 4.93. The maximum absolute atomic E-state index is 11.0. The van der Waals surface area contributed by atoms with E-state index in [4.69, 9.17) is 0 Å². The summed E-state index contributed by atoms with van der Waals surface area (Å²) in [5, 5.41) is 0. The molecule has 2 heteroatoms. The minimum Gasteiger partial charge on any atom is -0.300 e. The Morgan fingerprint density at radius 3 is 2.64 bits per heavy atom. The number of ketones is 1. The van der Waals surface area contributed by atoms with E-state index in [2.05, 4.69) is 18.0 Å². The highest BCUT2D eigenvalue weighted by Gasteiger charge is 2.09. The van der Waals surface area contributed by atoms with Crippen LogP contribution in [0.2, 0.25) is 0 Å². The lowest BCUT2D eigenvalue weighted by atomic mass is 9.96. The fraction of sp³-hybridized carbons (Fsp3) is 0.500. The second kappa shape index (κ2) is 4.36. The van der Waals surface area contributed by atoms with Crippen molar-refractivity contribution in [2.45, 2.75) is 40.0 Å². The Balaban J connectivity index is 2.85. The number of Topliss-reactive ketones (excluding diaryl/α,β-unsaturated/α-hetero) is 1. The second-order valence-corrected chi connectivity index (χ2v) is 3.98. The molecule has 0 amide bonds. The zero-order chi connectivity index (χ0) is 10.7. The van der Waals surface area contributed by atoms with Crippen molar-refractivity contribution in [2.24, 2.45) is 0 Å². The number of carbonyl (C=O) groups excluding carboxylic acids is 1. The number of rotatable bonds is 3. The quantitative estimate of drug-likeness (QED) is 0.735. The van der Waals surface area contributed by atoms with Gasteiger partial charge in [-0.2, -0.15) is 0 Å². The van der Waals surface area contributed by atoms with Crippen molar-refractivity contribution in [3.8, 4) is 0 Å². The van der Waals surface area contributed by atoms with Crippen LogP contribution in [0.15, 0.2) is 12.3 Å². The van der Waals surface area contributed by atoms with Gasteiger partial charge >= 0.3 is 0 Å². The largest absolute Gasteiger partial charge is 0.300 e. The predicted octanol–water partition coefficient (Wildman–Crippen LogP) is 2.78. The normalized spacial score (nSPS) is 12.6. The number of pyridine rings is 1. The molecule has 1 atom stereocenters. The van der Waals surface area contributed by atoms with Crippen LogP contribution in [0.1, 0.15) is 43.0 Å². The van der Waals surface area contributed by atoms with E-state index in [9.17, 15) is 4.79 Å². The number of aromatic nitrogens is 1. The number of nitrogens with zero attached hydrogens (tertiary/aromatic N) is 1. The molecular formula is C12H17NO. The van der Waals surface area contributed by atoms with Gasteiger partial charge in [0.1, 0.15) is 5.78 Å². The van der Waals surface area contributed by atoms with E-state index in [1.807, 2.05) is 20.0 Å². The van der Waals surface area contributed by atoms with E-state index >= 15 is 0 Å². The second-order valence-electron chi connectivity index (χ2n) is 3.98. The average molecular weight is 191 g/mol. The van der Waals surface area contributed by atoms with Crippen molar-refractivity contribution < 1.29 is 4.79 Å². The Hall–Kier alpha value is -1.18. The smallest absolute Gasteiger partial charge is 0.130 e. The van der Waals surface area contributed by atoms with Crippen LogP contribution in [-0.4, -0.2) is 10.8 Å². The van der Waals surface area contributed by atoms with Crippen LogP contribution in [0.5, 0.6) is 0 Å². The van der Waals surface area contributed by atoms with Crippen molar-refractivity contribution in [3.63, 3.8) is 0 Å². The van der Waals surface area contributed by atoms with Crippen LogP contribution in [-0.2, 0) is 4.79 Å². The molecule has 0 aliphatic rings. The molecule has 0 saturated carbocycles. The van der Waals surface area contributed by atoms with Gasteiger partial charge in [-0.1, -0.05) is 13.0 Å². The summed E-state index contributed by atoms with van der Waals surface area (Å²) >= 11 is 0. The van der Waals surface area contributed by atoms with E-state index in [1.54, 1.807) is 6.92 Å². The van der Waals surface area contributed by atoms with Gasteiger partial charge in [-0.05, 0) is 37.8 Å². The van der Waals surface area contributed by atoms with Crippen LogP contribution in [0, 0.1) is 13.8 Å². The van der Waals surface area contributed by atoms with Crippen LogP contribution in [0.25, 0.3) is 0 Å². The van der Waals surface area contributed by atoms with E-state index in [1.165, 1.54) is 5.56 Å². The van der Waals surface area contributed by atoms with Crippen LogP contribution < -0.4 is 0 Å². The third-order valence-corrected chi connectivity index (χ3v) is 2.52. The summed E-state index contributed by atoms with van der Waals surface area (Å²) in [5.74, 6) is 0.509. The lowest BCUT2D eigenvalue weighted by molar-refractivity contribution is -0.117. The van der Waals surface area contributed by atoms with Crippen LogP contribution in [0.4, 0.5) is 0 Å². The van der Waals surface area contributed by atoms with Crippen molar-refractivity contribution in [1.82, 2.24) is 4.98 Å². The summed E-state index contributed by atoms with van der Waals surface area (Å²) in [5.41, 5.74) is 3.41. The van der Waals surface area contributed by atoms with E-state index < -0.39 is 0 Å². The van der Waals surface area contributed by atoms with Crippen LogP contribution in [0.3, 0.4) is 0 Å². The molecule has 0 radical (unpaired) electrons. The standard InChI is InChI=1S/C12H17NO/c1-8-6-12(7-13-11(8)4)9(2)5-10(3)14/h6-7,9H,5H2,1-4H3. The molecule has 0 bridgehead atoms. The number of carbonyl (C=O) groups is 1. The molecule has 0 aromatic carbocycles. The molecule has 0 N–H and O–H groups in total. The predicted molar refractivity (Wildman–Crippen MR) is 57.4 cm³/mol. The fourth-order valence-electron chi connectivity index (χ4n) is 1.48. The van der Waals surface area contributed by atoms with Gasteiger partial charge in [0, 0.05) is 18.3 Å². The molecule has 1 unspecified atom stereocenters. The minimum absolute atomic E-state index is 0.232. The third kappa shape index (κ3) is 2.66. The van der Waals surface area contributed by atoms with Crippen LogP contribution >= 0.6 is 0 Å². The summed E-state index contributed by atoms with van der Waals surface area (Å²) < 4.78 is 0. The molecule has 1 heterocycles. The van der Waals surface area contributed by atoms with Crippen molar-refractivity contribution in [3.05, 3.63) is 29.1 Å². The monoisotopic (exact) mass is 191 g/mol. The van der Waals surface area contributed by atoms with Gasteiger partial charge < -0.3 is 4.79 Å². The molecule has 2 nitrogen and oxygen atoms in total. The van der Waals surface area contributed by atoms with Gasteiger partial charge in [-0.25, -0.2) is 0 Å². The number of aryl methyl sites for hydroxylation is 2. The Labute approximate surface area is 85.4 Å². The van der Waals surface area contributed by atoms with Gasteiger partial charge in [0.25, 0.3) is 0 Å². The molecule has 76 valence electrons. The van der Waals surface area contributed by atoms with Gasteiger partial charge in [0.2, 0.25) is 0 Å². The van der Waals surface area contributed by atoms with E-state index in [-0.39, 0.29) is 11.7 Å². The summed E-state index contributed by atoms with van der Waals surface area (Å²) in [7, 11) is 0. The first-order valence-electron chi connectivity index (χ1n) is 4.93.